The molecule has 5 rings (SSSR count). The second-order valence-corrected chi connectivity index (χ2v) is 10.2. The summed E-state index contributed by atoms with van der Waals surface area (Å²) >= 11 is 4.71. The van der Waals surface area contributed by atoms with Crippen LogP contribution in [0.5, 0.6) is 0 Å². The maximum absolute atomic E-state index is 13.9. The number of hydrogen-bond donors (Lipinski definition) is 1. The average molecular weight is 517 g/mol. The highest BCUT2D eigenvalue weighted by atomic mass is 35.5. The van der Waals surface area contributed by atoms with Crippen LogP contribution in [0.2, 0.25) is 5.02 Å². The van der Waals surface area contributed by atoms with Crippen molar-refractivity contribution in [2.45, 2.75) is 18.5 Å². The molecule has 4 aromatic carbocycles. The zero-order chi connectivity index (χ0) is 25.3. The summed E-state index contributed by atoms with van der Waals surface area (Å²) in [5.74, 6) is -0.532. The summed E-state index contributed by atoms with van der Waals surface area (Å²) in [6, 6.07) is 31.8. The number of anilines is 1. The van der Waals surface area contributed by atoms with Gasteiger partial charge in [-0.2, -0.15) is 4.31 Å². The summed E-state index contributed by atoms with van der Waals surface area (Å²) in [6.07, 6.45) is 0. The molecule has 1 unspecified atom stereocenters. The standard InChI is InChI=1S/C29H25ClN2O3S/c1-20-13-16-24(17-14-20)32-27(25-18-15-23(30)19-26(25)21-9-5-3-6-10-21)29(28(33)35-2,31-36(32)34)22-11-7-4-8-12-22/h3-19,27,31H,1-2H3/t27-,29-,36?/m0/s1. The molecule has 0 spiro atoms. The Morgan fingerprint density at radius 2 is 1.61 bits per heavy atom. The average Bonchev–Trinajstić information content (AvgIpc) is 3.23. The predicted molar refractivity (Wildman–Crippen MR) is 145 cm³/mol. The van der Waals surface area contributed by atoms with Gasteiger partial charge in [-0.1, -0.05) is 101 Å². The van der Waals surface area contributed by atoms with Gasteiger partial charge in [0.25, 0.3) is 0 Å². The molecule has 1 heterocycles. The first-order valence-electron chi connectivity index (χ1n) is 11.5. The molecular weight excluding hydrogens is 492 g/mol. The van der Waals surface area contributed by atoms with Crippen LogP contribution in [0.4, 0.5) is 5.69 Å². The zero-order valence-corrected chi connectivity index (χ0v) is 21.4. The smallest absolute Gasteiger partial charge is 0.338 e. The number of methoxy groups -OCH3 is 1. The quantitative estimate of drug-likeness (QED) is 0.256. The molecule has 3 atom stereocenters. The van der Waals surface area contributed by atoms with Crippen molar-refractivity contribution in [1.29, 1.82) is 0 Å². The van der Waals surface area contributed by atoms with Crippen molar-refractivity contribution in [2.75, 3.05) is 11.4 Å². The number of hydrogen-bond acceptors (Lipinski definition) is 5. The highest BCUT2D eigenvalue weighted by Gasteiger charge is 2.64. The van der Waals surface area contributed by atoms with Gasteiger partial charge in [0.05, 0.1) is 12.8 Å². The molecule has 1 saturated heterocycles. The van der Waals surface area contributed by atoms with Crippen LogP contribution < -0.4 is 9.03 Å². The third kappa shape index (κ3) is 4.16. The number of ether oxygens (including phenoxy) is 1. The number of carbonyl (C=O) groups is 1. The van der Waals surface area contributed by atoms with Gasteiger partial charge < -0.3 is 9.29 Å². The summed E-state index contributed by atoms with van der Waals surface area (Å²) in [7, 11) is 1.35. The lowest BCUT2D eigenvalue weighted by Gasteiger charge is -2.33. The summed E-state index contributed by atoms with van der Waals surface area (Å²) in [4.78, 5) is 13.7. The lowest BCUT2D eigenvalue weighted by atomic mass is 9.77. The Balaban J connectivity index is 1.83. The van der Waals surface area contributed by atoms with E-state index < -0.39 is 29.1 Å². The Hall–Kier alpha value is -3.29. The van der Waals surface area contributed by atoms with E-state index in [1.807, 2.05) is 104 Å². The molecule has 5 nitrogen and oxygen atoms in total. The van der Waals surface area contributed by atoms with Crippen LogP contribution in [-0.2, 0) is 26.6 Å². The summed E-state index contributed by atoms with van der Waals surface area (Å²) < 4.78 is 24.1. The molecule has 0 amide bonds. The lowest BCUT2D eigenvalue weighted by molar-refractivity contribution is -0.148. The molecule has 4 aromatic rings. The molecule has 1 fully saturated rings. The maximum Gasteiger partial charge on any atom is 0.338 e. The summed E-state index contributed by atoms with van der Waals surface area (Å²) in [5.41, 5.74) is 3.55. The van der Waals surface area contributed by atoms with Crippen molar-refractivity contribution in [3.63, 3.8) is 0 Å². The Bertz CT molecular complexity index is 1370. The van der Waals surface area contributed by atoms with E-state index in [1.54, 1.807) is 10.4 Å². The van der Waals surface area contributed by atoms with Crippen LogP contribution in [0.1, 0.15) is 22.7 Å². The van der Waals surface area contributed by atoms with Gasteiger partial charge in [0.2, 0.25) is 5.54 Å². The number of carbonyl (C=O) groups excluding carboxylic acids is 1. The highest BCUT2D eigenvalue weighted by molar-refractivity contribution is 7.91. The van der Waals surface area contributed by atoms with Gasteiger partial charge in [-0.15, -0.1) is 0 Å². The number of nitrogens with one attached hydrogen (secondary N) is 1. The van der Waals surface area contributed by atoms with Gasteiger partial charge in [0, 0.05) is 5.02 Å². The van der Waals surface area contributed by atoms with Crippen molar-refractivity contribution >= 4 is 34.8 Å². The first-order chi connectivity index (χ1) is 17.5. The number of benzene rings is 4. The molecule has 0 radical (unpaired) electrons. The summed E-state index contributed by atoms with van der Waals surface area (Å²) in [5, 5.41) is 0.565. The van der Waals surface area contributed by atoms with Crippen molar-refractivity contribution in [1.82, 2.24) is 4.72 Å². The van der Waals surface area contributed by atoms with Gasteiger partial charge in [-0.25, -0.2) is 4.79 Å². The lowest BCUT2D eigenvalue weighted by Crippen LogP contribution is -2.50. The second-order valence-electron chi connectivity index (χ2n) is 8.68. The highest BCUT2D eigenvalue weighted by Crippen LogP contribution is 2.51. The number of aryl methyl sites for hydroxylation is 1. The van der Waals surface area contributed by atoms with Crippen LogP contribution in [0.25, 0.3) is 11.1 Å². The topological polar surface area (TPSA) is 64.6 Å². The van der Waals surface area contributed by atoms with Gasteiger partial charge in [-0.3, -0.25) is 0 Å². The number of halogens is 1. The summed E-state index contributed by atoms with van der Waals surface area (Å²) in [6.45, 7) is 2.00. The number of nitrogens with zero attached hydrogens (tertiary/aromatic N) is 1. The second kappa shape index (κ2) is 9.99. The fourth-order valence-corrected chi connectivity index (χ4v) is 6.43. The van der Waals surface area contributed by atoms with Crippen LogP contribution in [0.15, 0.2) is 103 Å². The first kappa shape index (κ1) is 24.4. The molecule has 1 aliphatic heterocycles. The maximum atomic E-state index is 13.9. The van der Waals surface area contributed by atoms with E-state index in [2.05, 4.69) is 4.72 Å². The van der Waals surface area contributed by atoms with Crippen LogP contribution >= 0.6 is 11.6 Å². The van der Waals surface area contributed by atoms with Crippen molar-refractivity contribution in [3.8, 4) is 11.1 Å². The fourth-order valence-electron chi connectivity index (χ4n) is 4.80. The van der Waals surface area contributed by atoms with Crippen molar-refractivity contribution < 1.29 is 14.1 Å². The SMILES string of the molecule is COC(=O)[C@@]1(c2ccccc2)N[S+]([O-])N(c2ccc(C)cc2)[C@H]1c1ccc(Cl)cc1-c1ccccc1. The largest absolute Gasteiger partial charge is 0.573 e. The first-order valence-corrected chi connectivity index (χ1v) is 13.0. The van der Waals surface area contributed by atoms with Crippen molar-refractivity contribution in [3.05, 3.63) is 125 Å². The Morgan fingerprint density at radius 1 is 0.972 bits per heavy atom. The minimum atomic E-state index is -1.76. The van der Waals surface area contributed by atoms with Gasteiger partial charge >= 0.3 is 5.97 Å². The molecule has 0 aliphatic carbocycles. The number of rotatable bonds is 5. The third-order valence-corrected chi connectivity index (χ3v) is 8.00. The Labute approximate surface area is 219 Å². The Morgan fingerprint density at radius 3 is 2.25 bits per heavy atom. The van der Waals surface area contributed by atoms with E-state index in [0.717, 1.165) is 22.3 Å². The van der Waals surface area contributed by atoms with E-state index in [0.29, 0.717) is 16.3 Å². The Kier molecular flexibility index (Phi) is 6.77. The normalized spacial score (nSPS) is 21.4. The minimum Gasteiger partial charge on any atom is -0.573 e. The molecule has 1 N–H and O–H groups in total. The van der Waals surface area contributed by atoms with E-state index in [9.17, 15) is 9.35 Å². The molecule has 7 heteroatoms. The van der Waals surface area contributed by atoms with Crippen molar-refractivity contribution in [2.24, 2.45) is 0 Å². The molecule has 0 aromatic heterocycles. The molecule has 0 saturated carbocycles. The molecule has 0 bridgehead atoms. The monoisotopic (exact) mass is 516 g/mol. The zero-order valence-electron chi connectivity index (χ0n) is 19.9. The van der Waals surface area contributed by atoms with Crippen LogP contribution in [-0.4, -0.2) is 17.6 Å². The molecule has 1 aliphatic rings. The van der Waals surface area contributed by atoms with E-state index >= 15 is 0 Å². The van der Waals surface area contributed by atoms with Gasteiger partial charge in [-0.05, 0) is 53.4 Å². The van der Waals surface area contributed by atoms with E-state index in [4.69, 9.17) is 16.3 Å². The van der Waals surface area contributed by atoms with Crippen LogP contribution in [0.3, 0.4) is 0 Å². The van der Waals surface area contributed by atoms with E-state index in [-0.39, 0.29) is 0 Å². The molecular formula is C29H25ClN2O3S. The van der Waals surface area contributed by atoms with Gasteiger partial charge in [0.15, 0.2) is 11.5 Å². The minimum absolute atomic E-state index is 0.532. The number of esters is 1. The molecule has 36 heavy (non-hydrogen) atoms. The molecule has 182 valence electrons. The fraction of sp³-hybridized carbons (Fsp3) is 0.138. The van der Waals surface area contributed by atoms with E-state index in [1.165, 1.54) is 7.11 Å². The third-order valence-electron chi connectivity index (χ3n) is 6.49. The predicted octanol–water partition coefficient (Wildman–Crippen LogP) is 6.11. The van der Waals surface area contributed by atoms with Crippen LogP contribution in [0, 0.1) is 6.92 Å². The van der Waals surface area contributed by atoms with Gasteiger partial charge in [0.1, 0.15) is 6.04 Å².